The molecule has 3 heterocycles. The number of aryl methyl sites for hydroxylation is 1. The summed E-state index contributed by atoms with van der Waals surface area (Å²) in [5, 5.41) is 0. The Morgan fingerprint density at radius 3 is 2.52 bits per heavy atom. The quantitative estimate of drug-likeness (QED) is 0.842. The van der Waals surface area contributed by atoms with Crippen LogP contribution in [-0.4, -0.2) is 47.0 Å². The molecule has 2 aromatic heterocycles. The fraction of sp³-hybridized carbons (Fsp3) is 0.312. The van der Waals surface area contributed by atoms with Crippen LogP contribution in [0.5, 0.6) is 0 Å². The number of aromatic nitrogens is 2. The molecule has 0 saturated carbocycles. The topological polar surface area (TPSA) is 49.3 Å². The molecular formula is C16H18N4O. The molecule has 0 spiro atoms. The maximum atomic E-state index is 12.4. The van der Waals surface area contributed by atoms with E-state index in [9.17, 15) is 4.79 Å². The van der Waals surface area contributed by atoms with E-state index >= 15 is 0 Å². The van der Waals surface area contributed by atoms with Crippen LogP contribution in [0.3, 0.4) is 0 Å². The maximum absolute atomic E-state index is 12.4. The molecule has 5 nitrogen and oxygen atoms in total. The molecule has 5 heteroatoms. The lowest BCUT2D eigenvalue weighted by atomic mass is 10.2. The highest BCUT2D eigenvalue weighted by Crippen LogP contribution is 2.14. The minimum atomic E-state index is 0.0133. The summed E-state index contributed by atoms with van der Waals surface area (Å²) in [4.78, 5) is 25.1. The number of pyridine rings is 2. The number of rotatable bonds is 2. The molecule has 0 radical (unpaired) electrons. The van der Waals surface area contributed by atoms with Gasteiger partial charge in [0.05, 0.1) is 0 Å². The van der Waals surface area contributed by atoms with Crippen molar-refractivity contribution < 1.29 is 4.79 Å². The first kappa shape index (κ1) is 13.5. The predicted molar refractivity (Wildman–Crippen MR) is 81.3 cm³/mol. The number of carbonyl (C=O) groups excluding carboxylic acids is 1. The van der Waals surface area contributed by atoms with Crippen LogP contribution in [0.4, 0.5) is 5.82 Å². The molecule has 1 amide bonds. The lowest BCUT2D eigenvalue weighted by Crippen LogP contribution is -2.49. The molecule has 21 heavy (non-hydrogen) atoms. The summed E-state index contributed by atoms with van der Waals surface area (Å²) in [7, 11) is 0. The standard InChI is InChI=1S/C16H18N4O/c1-13-5-4-6-14(18-13)16(21)20-11-9-19(10-12-20)15-7-2-3-8-17-15/h2-8H,9-12H2,1H3. The molecule has 0 N–H and O–H groups in total. The summed E-state index contributed by atoms with van der Waals surface area (Å²) >= 11 is 0. The zero-order valence-electron chi connectivity index (χ0n) is 12.1. The van der Waals surface area contributed by atoms with Gasteiger partial charge in [-0.25, -0.2) is 9.97 Å². The zero-order chi connectivity index (χ0) is 14.7. The number of anilines is 1. The van der Waals surface area contributed by atoms with E-state index in [4.69, 9.17) is 0 Å². The average molecular weight is 282 g/mol. The second-order valence-corrected chi connectivity index (χ2v) is 5.13. The van der Waals surface area contributed by atoms with Crippen molar-refractivity contribution >= 4 is 11.7 Å². The van der Waals surface area contributed by atoms with E-state index in [0.29, 0.717) is 18.8 Å². The van der Waals surface area contributed by atoms with Gasteiger partial charge in [-0.05, 0) is 31.2 Å². The van der Waals surface area contributed by atoms with E-state index in [0.717, 1.165) is 24.6 Å². The van der Waals surface area contributed by atoms with Gasteiger partial charge >= 0.3 is 0 Å². The van der Waals surface area contributed by atoms with Crippen LogP contribution >= 0.6 is 0 Å². The Balaban J connectivity index is 1.64. The van der Waals surface area contributed by atoms with Crippen LogP contribution in [-0.2, 0) is 0 Å². The first-order chi connectivity index (χ1) is 10.2. The van der Waals surface area contributed by atoms with E-state index in [1.165, 1.54) is 0 Å². The van der Waals surface area contributed by atoms with E-state index in [1.807, 2.05) is 42.2 Å². The molecule has 0 atom stereocenters. The van der Waals surface area contributed by atoms with Crippen molar-refractivity contribution in [2.24, 2.45) is 0 Å². The summed E-state index contributed by atoms with van der Waals surface area (Å²) in [5.74, 6) is 0.984. The van der Waals surface area contributed by atoms with Crippen molar-refractivity contribution in [1.29, 1.82) is 0 Å². The normalized spacial score (nSPS) is 15.1. The summed E-state index contributed by atoms with van der Waals surface area (Å²) in [6, 6.07) is 11.4. The molecule has 1 saturated heterocycles. The fourth-order valence-electron chi connectivity index (χ4n) is 2.50. The number of amides is 1. The third-order valence-electron chi connectivity index (χ3n) is 3.65. The number of hydrogen-bond donors (Lipinski definition) is 0. The van der Waals surface area contributed by atoms with Gasteiger partial charge in [-0.2, -0.15) is 0 Å². The molecule has 0 aliphatic carbocycles. The van der Waals surface area contributed by atoms with E-state index in [-0.39, 0.29) is 5.91 Å². The molecule has 0 unspecified atom stereocenters. The monoisotopic (exact) mass is 282 g/mol. The molecule has 2 aromatic rings. The summed E-state index contributed by atoms with van der Waals surface area (Å²) in [5.41, 5.74) is 1.40. The minimum Gasteiger partial charge on any atom is -0.353 e. The van der Waals surface area contributed by atoms with Gasteiger partial charge < -0.3 is 9.80 Å². The van der Waals surface area contributed by atoms with Crippen molar-refractivity contribution in [1.82, 2.24) is 14.9 Å². The van der Waals surface area contributed by atoms with Crippen LogP contribution in [0.15, 0.2) is 42.6 Å². The lowest BCUT2D eigenvalue weighted by molar-refractivity contribution is 0.0740. The van der Waals surface area contributed by atoms with Gasteiger partial charge in [0.1, 0.15) is 11.5 Å². The Kier molecular flexibility index (Phi) is 3.81. The number of hydrogen-bond acceptors (Lipinski definition) is 4. The van der Waals surface area contributed by atoms with Crippen LogP contribution < -0.4 is 4.90 Å². The molecule has 0 aromatic carbocycles. The van der Waals surface area contributed by atoms with Crippen LogP contribution in [0.1, 0.15) is 16.2 Å². The van der Waals surface area contributed by atoms with E-state index < -0.39 is 0 Å². The second-order valence-electron chi connectivity index (χ2n) is 5.13. The third kappa shape index (κ3) is 3.02. The zero-order valence-corrected chi connectivity index (χ0v) is 12.1. The number of nitrogens with zero attached hydrogens (tertiary/aromatic N) is 4. The summed E-state index contributed by atoms with van der Waals surface area (Å²) in [6.07, 6.45) is 1.80. The maximum Gasteiger partial charge on any atom is 0.272 e. The van der Waals surface area contributed by atoms with Gasteiger partial charge in [0.25, 0.3) is 5.91 Å². The molecule has 1 aliphatic heterocycles. The predicted octanol–water partition coefficient (Wildman–Crippen LogP) is 1.75. The van der Waals surface area contributed by atoms with Crippen molar-refractivity contribution in [3.63, 3.8) is 0 Å². The van der Waals surface area contributed by atoms with Crippen LogP contribution in [0, 0.1) is 6.92 Å². The fourth-order valence-corrected chi connectivity index (χ4v) is 2.50. The molecule has 0 bridgehead atoms. The highest BCUT2D eigenvalue weighted by atomic mass is 16.2. The highest BCUT2D eigenvalue weighted by molar-refractivity contribution is 5.92. The molecule has 108 valence electrons. The molecular weight excluding hydrogens is 264 g/mol. The van der Waals surface area contributed by atoms with Gasteiger partial charge in [0.15, 0.2) is 0 Å². The average Bonchev–Trinajstić information content (AvgIpc) is 2.55. The Morgan fingerprint density at radius 1 is 1.05 bits per heavy atom. The van der Waals surface area contributed by atoms with Gasteiger partial charge in [0.2, 0.25) is 0 Å². The lowest BCUT2D eigenvalue weighted by Gasteiger charge is -2.35. The van der Waals surface area contributed by atoms with Crippen molar-refractivity contribution in [3.8, 4) is 0 Å². The van der Waals surface area contributed by atoms with Gasteiger partial charge in [-0.1, -0.05) is 12.1 Å². The largest absolute Gasteiger partial charge is 0.353 e. The second kappa shape index (κ2) is 5.91. The van der Waals surface area contributed by atoms with E-state index in [1.54, 1.807) is 12.3 Å². The third-order valence-corrected chi connectivity index (χ3v) is 3.65. The highest BCUT2D eigenvalue weighted by Gasteiger charge is 2.23. The smallest absolute Gasteiger partial charge is 0.272 e. The Morgan fingerprint density at radius 2 is 1.86 bits per heavy atom. The number of piperazine rings is 1. The first-order valence-corrected chi connectivity index (χ1v) is 7.13. The first-order valence-electron chi connectivity index (χ1n) is 7.13. The number of carbonyl (C=O) groups is 1. The Labute approximate surface area is 124 Å². The molecule has 1 fully saturated rings. The van der Waals surface area contributed by atoms with Gasteiger partial charge in [0, 0.05) is 38.1 Å². The summed E-state index contributed by atoms with van der Waals surface area (Å²) in [6.45, 7) is 4.90. The molecule has 3 rings (SSSR count). The SMILES string of the molecule is Cc1cccc(C(=O)N2CCN(c3ccccn3)CC2)n1. The van der Waals surface area contributed by atoms with Crippen LogP contribution in [0.25, 0.3) is 0 Å². The minimum absolute atomic E-state index is 0.0133. The van der Waals surface area contributed by atoms with Crippen LogP contribution in [0.2, 0.25) is 0 Å². The van der Waals surface area contributed by atoms with Crippen molar-refractivity contribution in [3.05, 3.63) is 54.0 Å². The molecule has 1 aliphatic rings. The van der Waals surface area contributed by atoms with E-state index in [2.05, 4.69) is 14.9 Å². The Bertz CT molecular complexity index is 621. The summed E-state index contributed by atoms with van der Waals surface area (Å²) < 4.78 is 0. The van der Waals surface area contributed by atoms with Gasteiger partial charge in [-0.15, -0.1) is 0 Å². The Hall–Kier alpha value is -2.43. The van der Waals surface area contributed by atoms with Crippen molar-refractivity contribution in [2.75, 3.05) is 31.1 Å². The van der Waals surface area contributed by atoms with Gasteiger partial charge in [-0.3, -0.25) is 4.79 Å². The van der Waals surface area contributed by atoms with Crippen molar-refractivity contribution in [2.45, 2.75) is 6.92 Å².